The molecule has 0 fully saturated rings. The van der Waals surface area contributed by atoms with E-state index in [1.54, 1.807) is 0 Å². The van der Waals surface area contributed by atoms with E-state index in [-0.39, 0.29) is 5.41 Å². The van der Waals surface area contributed by atoms with Crippen LogP contribution in [0.5, 0.6) is 0 Å². The van der Waals surface area contributed by atoms with Gasteiger partial charge in [-0.1, -0.05) is 166 Å². The van der Waals surface area contributed by atoms with E-state index in [1.807, 2.05) is 6.07 Å². The molecule has 1 heterocycles. The molecule has 10 rings (SSSR count). The molecule has 2 heteroatoms. The topological polar surface area (TPSA) is 16.4 Å². The molecule has 1 aliphatic carbocycles. The highest BCUT2D eigenvalue weighted by atomic mass is 16.3. The number of hydrogen-bond donors (Lipinski definition) is 0. The van der Waals surface area contributed by atoms with Crippen molar-refractivity contribution in [3.05, 3.63) is 199 Å². The van der Waals surface area contributed by atoms with Crippen molar-refractivity contribution < 1.29 is 4.42 Å². The molecule has 1 aliphatic rings. The highest BCUT2D eigenvalue weighted by Crippen LogP contribution is 2.53. The molecule has 0 atom stereocenters. The van der Waals surface area contributed by atoms with Gasteiger partial charge in [-0.05, 0) is 80.9 Å². The van der Waals surface area contributed by atoms with E-state index in [0.29, 0.717) is 0 Å². The van der Waals surface area contributed by atoms with Gasteiger partial charge in [0.2, 0.25) is 0 Å². The number of benzene rings is 8. The molecule has 0 N–H and O–H groups in total. The zero-order valence-electron chi connectivity index (χ0n) is 29.8. The first kappa shape index (κ1) is 31.1. The maximum atomic E-state index is 6.80. The molecule has 9 aromatic rings. The molecule has 0 saturated carbocycles. The molecule has 0 unspecified atom stereocenters. The molecule has 1 aromatic heterocycles. The second kappa shape index (κ2) is 12.3. The Labute approximate surface area is 310 Å². The third-order valence-electron chi connectivity index (χ3n) is 11.1. The first-order valence-corrected chi connectivity index (χ1v) is 18.4. The zero-order valence-corrected chi connectivity index (χ0v) is 29.8. The summed E-state index contributed by atoms with van der Waals surface area (Å²) < 4.78 is 6.80. The molecule has 0 aliphatic heterocycles. The number of nitrogens with zero attached hydrogens (tertiary/aromatic N) is 1. The minimum Gasteiger partial charge on any atom is -0.455 e. The van der Waals surface area contributed by atoms with Crippen molar-refractivity contribution in [2.75, 3.05) is 4.90 Å². The van der Waals surface area contributed by atoms with E-state index in [2.05, 4.69) is 201 Å². The van der Waals surface area contributed by atoms with Gasteiger partial charge in [-0.3, -0.25) is 0 Å². The van der Waals surface area contributed by atoms with Crippen LogP contribution in [-0.4, -0.2) is 0 Å². The minimum atomic E-state index is -0.135. The van der Waals surface area contributed by atoms with Crippen molar-refractivity contribution in [1.29, 1.82) is 0 Å². The van der Waals surface area contributed by atoms with Gasteiger partial charge in [-0.15, -0.1) is 0 Å². The molecule has 0 spiro atoms. The average molecular weight is 680 g/mol. The molecule has 0 saturated heterocycles. The molecule has 0 amide bonds. The standard InChI is InChI=1S/C51H37NO/c1-51(2)45-28-13-11-23-39(45)40-32-31-36(33-46(40)51)52(35-19-7-4-8-20-35)47-29-16-25-42(38-22-10-9-21-37(38)34-17-5-3-6-18-34)49(47)44-27-15-26-43-41-24-12-14-30-48(41)53-50(43)44/h3-33H,1-2H3. The Kier molecular flexibility index (Phi) is 7.19. The predicted molar refractivity (Wildman–Crippen MR) is 222 cm³/mol. The summed E-state index contributed by atoms with van der Waals surface area (Å²) in [6.45, 7) is 4.70. The first-order valence-electron chi connectivity index (χ1n) is 18.4. The van der Waals surface area contributed by atoms with Crippen LogP contribution < -0.4 is 4.90 Å². The van der Waals surface area contributed by atoms with Crippen molar-refractivity contribution >= 4 is 39.0 Å². The third-order valence-corrected chi connectivity index (χ3v) is 11.1. The lowest BCUT2D eigenvalue weighted by Crippen LogP contribution is -2.17. The Bertz CT molecular complexity index is 2810. The predicted octanol–water partition coefficient (Wildman–Crippen LogP) is 14.4. The van der Waals surface area contributed by atoms with Gasteiger partial charge in [0.25, 0.3) is 0 Å². The quantitative estimate of drug-likeness (QED) is 0.174. The maximum Gasteiger partial charge on any atom is 0.143 e. The van der Waals surface area contributed by atoms with Crippen LogP contribution in [0.2, 0.25) is 0 Å². The van der Waals surface area contributed by atoms with E-state index in [0.717, 1.165) is 55.7 Å². The fourth-order valence-corrected chi connectivity index (χ4v) is 8.60. The second-order valence-electron chi connectivity index (χ2n) is 14.5. The van der Waals surface area contributed by atoms with Crippen molar-refractivity contribution in [3.8, 4) is 44.5 Å². The van der Waals surface area contributed by atoms with Gasteiger partial charge in [-0.2, -0.15) is 0 Å². The Hall–Kier alpha value is -6.64. The van der Waals surface area contributed by atoms with Gasteiger partial charge >= 0.3 is 0 Å². The minimum absolute atomic E-state index is 0.135. The summed E-state index contributed by atoms with van der Waals surface area (Å²) >= 11 is 0. The maximum absolute atomic E-state index is 6.80. The number of rotatable bonds is 6. The smallest absolute Gasteiger partial charge is 0.143 e. The molecular weight excluding hydrogens is 643 g/mol. The summed E-state index contributed by atoms with van der Waals surface area (Å²) in [6.07, 6.45) is 0. The van der Waals surface area contributed by atoms with Gasteiger partial charge in [-0.25, -0.2) is 0 Å². The number of fused-ring (bicyclic) bond motifs is 6. The molecule has 53 heavy (non-hydrogen) atoms. The van der Waals surface area contributed by atoms with Crippen molar-refractivity contribution in [2.24, 2.45) is 0 Å². The molecule has 0 bridgehead atoms. The lowest BCUT2D eigenvalue weighted by atomic mass is 9.82. The summed E-state index contributed by atoms with van der Waals surface area (Å²) in [5.74, 6) is 0. The van der Waals surface area contributed by atoms with Crippen LogP contribution in [0.1, 0.15) is 25.0 Å². The van der Waals surface area contributed by atoms with Crippen LogP contribution in [0, 0.1) is 0 Å². The molecular formula is C51H37NO. The van der Waals surface area contributed by atoms with E-state index < -0.39 is 0 Å². The highest BCUT2D eigenvalue weighted by Gasteiger charge is 2.36. The SMILES string of the molecule is CC1(C)c2ccccc2-c2ccc(N(c3ccccc3)c3cccc(-c4ccccc4-c4ccccc4)c3-c3cccc4c3oc3ccccc34)cc21. The summed E-state index contributed by atoms with van der Waals surface area (Å²) in [6, 6.07) is 67.8. The monoisotopic (exact) mass is 679 g/mol. The number of hydrogen-bond acceptors (Lipinski definition) is 2. The van der Waals surface area contributed by atoms with Gasteiger partial charge in [0, 0.05) is 38.7 Å². The largest absolute Gasteiger partial charge is 0.455 e. The van der Waals surface area contributed by atoms with Gasteiger partial charge in [0.1, 0.15) is 11.2 Å². The van der Waals surface area contributed by atoms with Gasteiger partial charge in [0.05, 0.1) is 5.69 Å². The lowest BCUT2D eigenvalue weighted by molar-refractivity contribution is 0.660. The zero-order chi connectivity index (χ0) is 35.5. The van der Waals surface area contributed by atoms with Crippen LogP contribution in [0.3, 0.4) is 0 Å². The van der Waals surface area contributed by atoms with E-state index in [1.165, 1.54) is 38.9 Å². The summed E-state index contributed by atoms with van der Waals surface area (Å²) in [5.41, 5.74) is 17.1. The fraction of sp³-hybridized carbons (Fsp3) is 0.0588. The Morgan fingerprint density at radius 3 is 1.85 bits per heavy atom. The summed E-state index contributed by atoms with van der Waals surface area (Å²) in [5, 5.41) is 2.23. The van der Waals surface area contributed by atoms with E-state index >= 15 is 0 Å². The number of para-hydroxylation sites is 3. The number of anilines is 3. The van der Waals surface area contributed by atoms with Crippen LogP contribution in [0.4, 0.5) is 17.1 Å². The Morgan fingerprint density at radius 2 is 1.02 bits per heavy atom. The normalized spacial score (nSPS) is 12.9. The number of furan rings is 1. The van der Waals surface area contributed by atoms with Crippen molar-refractivity contribution in [3.63, 3.8) is 0 Å². The average Bonchev–Trinajstić information content (AvgIpc) is 3.71. The molecule has 252 valence electrons. The first-order chi connectivity index (χ1) is 26.1. The molecule has 0 radical (unpaired) electrons. The molecule has 8 aromatic carbocycles. The van der Waals surface area contributed by atoms with Crippen LogP contribution in [0.25, 0.3) is 66.4 Å². The highest BCUT2D eigenvalue weighted by molar-refractivity contribution is 6.13. The van der Waals surface area contributed by atoms with Crippen molar-refractivity contribution in [1.82, 2.24) is 0 Å². The van der Waals surface area contributed by atoms with E-state index in [4.69, 9.17) is 4.42 Å². The summed E-state index contributed by atoms with van der Waals surface area (Å²) in [7, 11) is 0. The van der Waals surface area contributed by atoms with Crippen LogP contribution in [-0.2, 0) is 5.41 Å². The van der Waals surface area contributed by atoms with Gasteiger partial charge in [0.15, 0.2) is 0 Å². The van der Waals surface area contributed by atoms with Crippen LogP contribution >= 0.6 is 0 Å². The van der Waals surface area contributed by atoms with Crippen molar-refractivity contribution in [2.45, 2.75) is 19.3 Å². The van der Waals surface area contributed by atoms with E-state index in [9.17, 15) is 0 Å². The summed E-state index contributed by atoms with van der Waals surface area (Å²) in [4.78, 5) is 2.44. The fourth-order valence-electron chi connectivity index (χ4n) is 8.60. The third kappa shape index (κ3) is 4.94. The Morgan fingerprint density at radius 1 is 0.415 bits per heavy atom. The lowest BCUT2D eigenvalue weighted by Gasteiger charge is -2.31. The molecule has 2 nitrogen and oxygen atoms in total. The van der Waals surface area contributed by atoms with Gasteiger partial charge < -0.3 is 9.32 Å². The Balaban J connectivity index is 1.29. The second-order valence-corrected chi connectivity index (χ2v) is 14.5. The van der Waals surface area contributed by atoms with Crippen LogP contribution in [0.15, 0.2) is 192 Å².